The van der Waals surface area contributed by atoms with E-state index in [1.165, 1.54) is 10.9 Å². The van der Waals surface area contributed by atoms with Crippen molar-refractivity contribution in [3.05, 3.63) is 59.8 Å². The van der Waals surface area contributed by atoms with Gasteiger partial charge in [-0.25, -0.2) is 14.5 Å². The molecule has 3 rings (SSSR count). The molecule has 6 nitrogen and oxygen atoms in total. The smallest absolute Gasteiger partial charge is 0.312 e. The standard InChI is InChI=1S/C11H9N5O/c17-11-13-5-6-15(11)9-1-3-10(4-2-9)16-8-12-7-14-16/h1-8H,(H,13,17). The van der Waals surface area contributed by atoms with Crippen molar-refractivity contribution < 1.29 is 0 Å². The monoisotopic (exact) mass is 227 g/mol. The average Bonchev–Trinajstić information content (AvgIpc) is 3.00. The summed E-state index contributed by atoms with van der Waals surface area (Å²) < 4.78 is 3.19. The van der Waals surface area contributed by atoms with Crippen LogP contribution in [0.25, 0.3) is 11.4 Å². The van der Waals surface area contributed by atoms with Crippen LogP contribution in [0.5, 0.6) is 0 Å². The summed E-state index contributed by atoms with van der Waals surface area (Å²) in [6.07, 6.45) is 6.39. The number of aromatic nitrogens is 5. The highest BCUT2D eigenvalue weighted by atomic mass is 16.1. The lowest BCUT2D eigenvalue weighted by molar-refractivity contribution is 0.876. The number of hydrogen-bond donors (Lipinski definition) is 1. The summed E-state index contributed by atoms with van der Waals surface area (Å²) in [5.74, 6) is 0. The fourth-order valence-corrected chi connectivity index (χ4v) is 1.63. The number of nitrogens with zero attached hydrogens (tertiary/aromatic N) is 4. The van der Waals surface area contributed by atoms with Gasteiger partial charge in [-0.3, -0.25) is 4.57 Å². The second-order valence-corrected chi connectivity index (χ2v) is 3.49. The molecule has 0 spiro atoms. The van der Waals surface area contributed by atoms with Crippen molar-refractivity contribution >= 4 is 0 Å². The highest BCUT2D eigenvalue weighted by Crippen LogP contribution is 2.10. The van der Waals surface area contributed by atoms with Gasteiger partial charge in [0.1, 0.15) is 12.7 Å². The zero-order valence-electron chi connectivity index (χ0n) is 8.82. The number of nitrogens with one attached hydrogen (secondary N) is 1. The molecule has 0 unspecified atom stereocenters. The lowest BCUT2D eigenvalue weighted by Gasteiger charge is -2.03. The molecule has 0 aliphatic carbocycles. The lowest BCUT2D eigenvalue weighted by atomic mass is 10.3. The number of imidazole rings is 1. The van der Waals surface area contributed by atoms with Gasteiger partial charge < -0.3 is 4.98 Å². The molecule has 0 atom stereocenters. The fraction of sp³-hybridized carbons (Fsp3) is 0. The van der Waals surface area contributed by atoms with Gasteiger partial charge in [0.05, 0.1) is 11.4 Å². The van der Waals surface area contributed by atoms with Crippen LogP contribution in [0.3, 0.4) is 0 Å². The summed E-state index contributed by atoms with van der Waals surface area (Å²) >= 11 is 0. The maximum atomic E-state index is 11.4. The molecule has 1 aromatic carbocycles. The van der Waals surface area contributed by atoms with E-state index in [1.807, 2.05) is 24.3 Å². The molecule has 0 amide bonds. The van der Waals surface area contributed by atoms with Gasteiger partial charge in [0.25, 0.3) is 0 Å². The summed E-state index contributed by atoms with van der Waals surface area (Å²) in [5.41, 5.74) is 1.55. The van der Waals surface area contributed by atoms with E-state index in [1.54, 1.807) is 23.4 Å². The first-order chi connectivity index (χ1) is 8.34. The Morgan fingerprint density at radius 3 is 2.47 bits per heavy atom. The van der Waals surface area contributed by atoms with Crippen molar-refractivity contribution in [2.75, 3.05) is 0 Å². The third-order valence-electron chi connectivity index (χ3n) is 2.46. The number of benzene rings is 1. The van der Waals surface area contributed by atoms with Crippen LogP contribution in [0.1, 0.15) is 0 Å². The Kier molecular flexibility index (Phi) is 2.11. The molecule has 0 saturated heterocycles. The van der Waals surface area contributed by atoms with Crippen LogP contribution in [-0.4, -0.2) is 24.3 Å². The predicted molar refractivity (Wildman–Crippen MR) is 61.3 cm³/mol. The molecular formula is C11H9N5O. The Labute approximate surface area is 96.2 Å². The number of H-pyrrole nitrogens is 1. The Bertz CT molecular complexity index is 662. The molecular weight excluding hydrogens is 218 g/mol. The van der Waals surface area contributed by atoms with E-state index in [0.29, 0.717) is 0 Å². The summed E-state index contributed by atoms with van der Waals surface area (Å²) in [7, 11) is 0. The van der Waals surface area contributed by atoms with Crippen LogP contribution >= 0.6 is 0 Å². The molecule has 3 aromatic rings. The average molecular weight is 227 g/mol. The predicted octanol–water partition coefficient (Wildman–Crippen LogP) is 0.746. The van der Waals surface area contributed by atoms with Gasteiger partial charge >= 0.3 is 5.69 Å². The third kappa shape index (κ3) is 1.65. The molecule has 6 heteroatoms. The molecule has 2 aromatic heterocycles. The molecule has 84 valence electrons. The van der Waals surface area contributed by atoms with Crippen LogP contribution < -0.4 is 5.69 Å². The van der Waals surface area contributed by atoms with Gasteiger partial charge in [-0.2, -0.15) is 5.10 Å². The molecule has 0 fully saturated rings. The minimum Gasteiger partial charge on any atom is -0.312 e. The van der Waals surface area contributed by atoms with Gasteiger partial charge in [-0.05, 0) is 24.3 Å². The first-order valence-electron chi connectivity index (χ1n) is 5.06. The second-order valence-electron chi connectivity index (χ2n) is 3.49. The fourth-order valence-electron chi connectivity index (χ4n) is 1.63. The second kappa shape index (κ2) is 3.75. The largest absolute Gasteiger partial charge is 0.330 e. The van der Waals surface area contributed by atoms with E-state index >= 15 is 0 Å². The van der Waals surface area contributed by atoms with E-state index in [2.05, 4.69) is 15.1 Å². The van der Waals surface area contributed by atoms with Crippen LogP contribution in [0.2, 0.25) is 0 Å². The van der Waals surface area contributed by atoms with E-state index < -0.39 is 0 Å². The molecule has 0 bridgehead atoms. The molecule has 0 saturated carbocycles. The number of aromatic amines is 1. The van der Waals surface area contributed by atoms with Crippen molar-refractivity contribution in [1.82, 2.24) is 24.3 Å². The molecule has 0 aliphatic heterocycles. The lowest BCUT2D eigenvalue weighted by Crippen LogP contribution is -2.13. The van der Waals surface area contributed by atoms with E-state index in [0.717, 1.165) is 11.4 Å². The van der Waals surface area contributed by atoms with Crippen molar-refractivity contribution in [1.29, 1.82) is 0 Å². The van der Waals surface area contributed by atoms with Crippen LogP contribution in [0, 0.1) is 0 Å². The normalized spacial score (nSPS) is 10.6. The highest BCUT2D eigenvalue weighted by Gasteiger charge is 2.01. The van der Waals surface area contributed by atoms with Gasteiger partial charge in [0.2, 0.25) is 0 Å². The van der Waals surface area contributed by atoms with Crippen LogP contribution in [-0.2, 0) is 0 Å². The summed E-state index contributed by atoms with van der Waals surface area (Å²) in [6.45, 7) is 0. The van der Waals surface area contributed by atoms with Gasteiger partial charge in [-0.15, -0.1) is 0 Å². The quantitative estimate of drug-likeness (QED) is 0.702. The maximum Gasteiger partial charge on any atom is 0.330 e. The number of rotatable bonds is 2. The Morgan fingerprint density at radius 1 is 1.12 bits per heavy atom. The zero-order chi connectivity index (χ0) is 11.7. The maximum absolute atomic E-state index is 11.4. The molecule has 0 radical (unpaired) electrons. The SMILES string of the molecule is O=c1[nH]ccn1-c1ccc(-n2cncn2)cc1. The topological polar surface area (TPSA) is 68.5 Å². The molecule has 2 heterocycles. The minimum absolute atomic E-state index is 0.154. The summed E-state index contributed by atoms with van der Waals surface area (Å²) in [4.78, 5) is 17.9. The van der Waals surface area contributed by atoms with Crippen molar-refractivity contribution in [2.45, 2.75) is 0 Å². The first kappa shape index (κ1) is 9.59. The third-order valence-corrected chi connectivity index (χ3v) is 2.46. The van der Waals surface area contributed by atoms with Gasteiger partial charge in [0, 0.05) is 12.4 Å². The van der Waals surface area contributed by atoms with Crippen LogP contribution in [0.15, 0.2) is 54.1 Å². The summed E-state index contributed by atoms with van der Waals surface area (Å²) in [6, 6.07) is 7.46. The van der Waals surface area contributed by atoms with E-state index in [-0.39, 0.29) is 5.69 Å². The number of hydrogen-bond acceptors (Lipinski definition) is 3. The van der Waals surface area contributed by atoms with Crippen molar-refractivity contribution in [3.63, 3.8) is 0 Å². The van der Waals surface area contributed by atoms with Crippen LogP contribution in [0.4, 0.5) is 0 Å². The summed E-state index contributed by atoms with van der Waals surface area (Å²) in [5, 5.41) is 4.03. The van der Waals surface area contributed by atoms with E-state index in [9.17, 15) is 4.79 Å². The molecule has 17 heavy (non-hydrogen) atoms. The minimum atomic E-state index is -0.154. The zero-order valence-corrected chi connectivity index (χ0v) is 8.82. The molecule has 1 N–H and O–H groups in total. The Hall–Kier alpha value is -2.63. The molecule has 0 aliphatic rings. The Morgan fingerprint density at radius 2 is 1.88 bits per heavy atom. The van der Waals surface area contributed by atoms with Crippen molar-refractivity contribution in [3.8, 4) is 11.4 Å². The van der Waals surface area contributed by atoms with Gasteiger partial charge in [0.15, 0.2) is 0 Å². The van der Waals surface area contributed by atoms with Gasteiger partial charge in [-0.1, -0.05) is 0 Å². The Balaban J connectivity index is 2.01. The van der Waals surface area contributed by atoms with E-state index in [4.69, 9.17) is 0 Å². The highest BCUT2D eigenvalue weighted by molar-refractivity contribution is 5.40. The first-order valence-corrected chi connectivity index (χ1v) is 5.06. The van der Waals surface area contributed by atoms with Crippen molar-refractivity contribution in [2.24, 2.45) is 0 Å².